The Kier molecular flexibility index (Phi) is 4.06. The van der Waals surface area contributed by atoms with Crippen LogP contribution in [0.3, 0.4) is 0 Å². The lowest BCUT2D eigenvalue weighted by atomic mass is 9.91. The Bertz CT molecular complexity index is 417. The summed E-state index contributed by atoms with van der Waals surface area (Å²) in [5, 5.41) is 4.27. The highest BCUT2D eigenvalue weighted by Crippen LogP contribution is 2.40. The summed E-state index contributed by atoms with van der Waals surface area (Å²) in [6.45, 7) is 8.90. The summed E-state index contributed by atoms with van der Waals surface area (Å²) < 4.78 is 6.15. The number of anilines is 1. The summed E-state index contributed by atoms with van der Waals surface area (Å²) in [6, 6.07) is 6.21. The van der Waals surface area contributed by atoms with Crippen molar-refractivity contribution in [2.24, 2.45) is 11.8 Å². The van der Waals surface area contributed by atoms with Crippen LogP contribution < -0.4 is 10.1 Å². The monoisotopic (exact) mass is 267 g/mol. The highest BCUT2D eigenvalue weighted by atomic mass is 35.5. The molecule has 1 aliphatic heterocycles. The van der Waals surface area contributed by atoms with Crippen molar-refractivity contribution in [1.29, 1.82) is 0 Å². The van der Waals surface area contributed by atoms with Gasteiger partial charge in [0.25, 0.3) is 0 Å². The molecule has 0 saturated carbocycles. The Morgan fingerprint density at radius 1 is 1.28 bits per heavy atom. The number of hydrogen-bond donors (Lipinski definition) is 1. The molecule has 0 amide bonds. The lowest BCUT2D eigenvalue weighted by Gasteiger charge is -2.38. The molecule has 2 atom stereocenters. The van der Waals surface area contributed by atoms with Gasteiger partial charge in [0.05, 0.1) is 16.8 Å². The molecule has 0 aliphatic carbocycles. The predicted octanol–water partition coefficient (Wildman–Crippen LogP) is 4.58. The molecule has 1 aliphatic rings. The molecule has 18 heavy (non-hydrogen) atoms. The van der Waals surface area contributed by atoms with Crippen LogP contribution in [-0.2, 0) is 0 Å². The summed E-state index contributed by atoms with van der Waals surface area (Å²) in [5.74, 6) is 1.95. The molecule has 2 unspecified atom stereocenters. The van der Waals surface area contributed by atoms with E-state index in [0.29, 0.717) is 22.9 Å². The molecule has 0 bridgehead atoms. The van der Waals surface area contributed by atoms with Crippen molar-refractivity contribution in [3.05, 3.63) is 23.2 Å². The number of benzene rings is 1. The molecule has 2 nitrogen and oxygen atoms in total. The summed E-state index contributed by atoms with van der Waals surface area (Å²) in [5.41, 5.74) is 1.02. The predicted molar refractivity (Wildman–Crippen MR) is 77.6 cm³/mol. The summed E-state index contributed by atoms with van der Waals surface area (Å²) >= 11 is 6.21. The number of nitrogens with one attached hydrogen (secondary N) is 1. The molecule has 0 aromatic heterocycles. The molecule has 1 aromatic carbocycles. The third-order valence-electron chi connectivity index (χ3n) is 3.38. The maximum atomic E-state index is 6.21. The zero-order chi connectivity index (χ0) is 13.3. The number of fused-ring (bicyclic) bond motifs is 1. The lowest BCUT2D eigenvalue weighted by Crippen LogP contribution is -2.45. The highest BCUT2D eigenvalue weighted by Gasteiger charge is 2.32. The first kappa shape index (κ1) is 13.5. The molecule has 2 rings (SSSR count). The van der Waals surface area contributed by atoms with Gasteiger partial charge >= 0.3 is 0 Å². The fourth-order valence-electron chi connectivity index (χ4n) is 2.49. The van der Waals surface area contributed by atoms with Gasteiger partial charge in [0, 0.05) is 0 Å². The summed E-state index contributed by atoms with van der Waals surface area (Å²) in [7, 11) is 0. The largest absolute Gasteiger partial charge is 0.485 e. The summed E-state index contributed by atoms with van der Waals surface area (Å²) in [6.07, 6.45) is 1.23. The topological polar surface area (TPSA) is 21.3 Å². The third kappa shape index (κ3) is 2.74. The fourth-order valence-corrected chi connectivity index (χ4v) is 2.71. The van der Waals surface area contributed by atoms with Gasteiger partial charge < -0.3 is 10.1 Å². The van der Waals surface area contributed by atoms with Crippen LogP contribution in [0.5, 0.6) is 5.75 Å². The minimum absolute atomic E-state index is 0.192. The maximum Gasteiger partial charge on any atom is 0.161 e. The number of halogens is 1. The SMILES string of the molecule is CC(C)CC1Oc2c(Cl)cccc2NC1C(C)C. The van der Waals surface area contributed by atoms with Gasteiger partial charge in [-0.3, -0.25) is 0 Å². The van der Waals surface area contributed by atoms with E-state index in [1.54, 1.807) is 0 Å². The first-order valence-electron chi connectivity index (χ1n) is 6.70. The first-order chi connectivity index (χ1) is 8.49. The van der Waals surface area contributed by atoms with Crippen molar-refractivity contribution in [3.63, 3.8) is 0 Å². The van der Waals surface area contributed by atoms with Crippen molar-refractivity contribution in [2.75, 3.05) is 5.32 Å². The normalized spacial score (nSPS) is 22.6. The molecule has 1 heterocycles. The number of ether oxygens (including phenoxy) is 1. The van der Waals surface area contributed by atoms with Crippen molar-refractivity contribution >= 4 is 17.3 Å². The van der Waals surface area contributed by atoms with Gasteiger partial charge in [0.15, 0.2) is 5.75 Å². The Hall–Kier alpha value is -0.890. The van der Waals surface area contributed by atoms with E-state index in [-0.39, 0.29) is 6.10 Å². The second-order valence-corrected chi connectivity index (χ2v) is 6.22. The smallest absolute Gasteiger partial charge is 0.161 e. The van der Waals surface area contributed by atoms with Crippen LogP contribution in [0.4, 0.5) is 5.69 Å². The van der Waals surface area contributed by atoms with Crippen LogP contribution in [0.2, 0.25) is 5.02 Å². The van der Waals surface area contributed by atoms with Crippen molar-refractivity contribution < 1.29 is 4.74 Å². The van der Waals surface area contributed by atoms with E-state index in [1.807, 2.05) is 18.2 Å². The van der Waals surface area contributed by atoms with Gasteiger partial charge in [-0.15, -0.1) is 0 Å². The van der Waals surface area contributed by atoms with Crippen molar-refractivity contribution in [3.8, 4) is 5.75 Å². The molecule has 1 aromatic rings. The van der Waals surface area contributed by atoms with E-state index >= 15 is 0 Å². The van der Waals surface area contributed by atoms with Crippen LogP contribution in [0.1, 0.15) is 34.1 Å². The average Bonchev–Trinajstić information content (AvgIpc) is 2.28. The van der Waals surface area contributed by atoms with E-state index in [9.17, 15) is 0 Å². The first-order valence-corrected chi connectivity index (χ1v) is 7.08. The second kappa shape index (κ2) is 5.40. The Morgan fingerprint density at radius 2 is 2.00 bits per heavy atom. The highest BCUT2D eigenvalue weighted by molar-refractivity contribution is 6.32. The quantitative estimate of drug-likeness (QED) is 0.865. The molecule has 0 saturated heterocycles. The van der Waals surface area contributed by atoms with Crippen molar-refractivity contribution in [1.82, 2.24) is 0 Å². The van der Waals surface area contributed by atoms with Crippen LogP contribution in [0.15, 0.2) is 18.2 Å². The van der Waals surface area contributed by atoms with Gasteiger partial charge in [-0.2, -0.15) is 0 Å². The van der Waals surface area contributed by atoms with Gasteiger partial charge in [0.2, 0.25) is 0 Å². The molecule has 0 radical (unpaired) electrons. The third-order valence-corrected chi connectivity index (χ3v) is 3.68. The minimum Gasteiger partial charge on any atom is -0.485 e. The Balaban J connectivity index is 2.29. The van der Waals surface area contributed by atoms with E-state index in [0.717, 1.165) is 17.9 Å². The van der Waals surface area contributed by atoms with Gasteiger partial charge in [0.1, 0.15) is 6.10 Å². The lowest BCUT2D eigenvalue weighted by molar-refractivity contribution is 0.125. The minimum atomic E-state index is 0.192. The van der Waals surface area contributed by atoms with Gasteiger partial charge in [-0.1, -0.05) is 45.4 Å². The van der Waals surface area contributed by atoms with Crippen LogP contribution >= 0.6 is 11.6 Å². The Labute approximate surface area is 115 Å². The van der Waals surface area contributed by atoms with E-state index in [2.05, 4.69) is 33.0 Å². The van der Waals surface area contributed by atoms with Crippen LogP contribution in [0.25, 0.3) is 0 Å². The van der Waals surface area contributed by atoms with E-state index < -0.39 is 0 Å². The molecule has 0 fully saturated rings. The summed E-state index contributed by atoms with van der Waals surface area (Å²) in [4.78, 5) is 0. The van der Waals surface area contributed by atoms with Crippen LogP contribution in [0, 0.1) is 11.8 Å². The average molecular weight is 268 g/mol. The number of hydrogen-bond acceptors (Lipinski definition) is 2. The molecular weight excluding hydrogens is 246 g/mol. The molecule has 0 spiro atoms. The zero-order valence-corrected chi connectivity index (χ0v) is 12.3. The van der Waals surface area contributed by atoms with E-state index in [4.69, 9.17) is 16.3 Å². The number of rotatable bonds is 3. The second-order valence-electron chi connectivity index (χ2n) is 5.82. The molecular formula is C15H22ClNO. The standard InChI is InChI=1S/C15H22ClNO/c1-9(2)8-13-14(10(3)4)17-12-7-5-6-11(16)15(12)18-13/h5-7,9-10,13-14,17H,8H2,1-4H3. The zero-order valence-electron chi connectivity index (χ0n) is 11.5. The Morgan fingerprint density at radius 3 is 2.61 bits per heavy atom. The van der Waals surface area contributed by atoms with Crippen molar-refractivity contribution in [2.45, 2.75) is 46.3 Å². The molecule has 1 N–H and O–H groups in total. The number of para-hydroxylation sites is 1. The van der Waals surface area contributed by atoms with Gasteiger partial charge in [-0.25, -0.2) is 0 Å². The van der Waals surface area contributed by atoms with Gasteiger partial charge in [-0.05, 0) is 30.4 Å². The molecule has 3 heteroatoms. The fraction of sp³-hybridized carbons (Fsp3) is 0.600. The van der Waals surface area contributed by atoms with E-state index in [1.165, 1.54) is 0 Å². The van der Waals surface area contributed by atoms with Crippen LogP contribution in [-0.4, -0.2) is 12.1 Å². The molecule has 100 valence electrons. The maximum absolute atomic E-state index is 6.21.